The van der Waals surface area contributed by atoms with E-state index >= 15 is 0 Å². The van der Waals surface area contributed by atoms with Crippen LogP contribution in [0.4, 0.5) is 5.69 Å². The Hall–Kier alpha value is -3.64. The molecule has 1 aromatic rings. The molecule has 192 valence electrons. The summed E-state index contributed by atoms with van der Waals surface area (Å²) in [7, 11) is 6.37. The van der Waals surface area contributed by atoms with E-state index in [0.717, 1.165) is 0 Å². The van der Waals surface area contributed by atoms with Gasteiger partial charge in [-0.25, -0.2) is 0 Å². The van der Waals surface area contributed by atoms with Crippen LogP contribution in [-0.2, 0) is 25.6 Å². The van der Waals surface area contributed by atoms with Gasteiger partial charge in [-0.05, 0) is 44.5 Å². The Bertz CT molecular complexity index is 1250. The molecule has 2 fully saturated rings. The molecule has 0 aliphatic heterocycles. The van der Waals surface area contributed by atoms with Gasteiger partial charge in [0.05, 0.1) is 23.1 Å². The lowest BCUT2D eigenvalue weighted by atomic mass is 9.52. The summed E-state index contributed by atoms with van der Waals surface area (Å²) in [5.74, 6) is -12.6. The zero-order valence-corrected chi connectivity index (χ0v) is 20.3. The van der Waals surface area contributed by atoms with Gasteiger partial charge in [0.1, 0.15) is 5.75 Å². The zero-order chi connectivity index (χ0) is 27.0. The van der Waals surface area contributed by atoms with Crippen molar-refractivity contribution in [1.82, 2.24) is 4.90 Å². The van der Waals surface area contributed by atoms with E-state index in [1.165, 1.54) is 25.1 Å². The fourth-order valence-corrected chi connectivity index (χ4v) is 6.24. The monoisotopic (exact) mass is 500 g/mol. The second-order valence-electron chi connectivity index (χ2n) is 10.2. The Balaban J connectivity index is 1.93. The van der Waals surface area contributed by atoms with Crippen LogP contribution < -0.4 is 16.4 Å². The van der Waals surface area contributed by atoms with Crippen LogP contribution >= 0.6 is 0 Å². The first-order valence-electron chi connectivity index (χ1n) is 11.4. The Morgan fingerprint density at radius 3 is 2.17 bits per heavy atom. The number of phenols is 1. The third-order valence-electron chi connectivity index (χ3n) is 7.79. The number of nitrogens with two attached hydrogens (primary N) is 2. The van der Waals surface area contributed by atoms with Gasteiger partial charge in [-0.15, -0.1) is 0 Å². The molecular formula is C24H28N4O8. The third-order valence-corrected chi connectivity index (χ3v) is 7.79. The number of amides is 2. The van der Waals surface area contributed by atoms with Gasteiger partial charge in [-0.3, -0.25) is 33.7 Å². The van der Waals surface area contributed by atoms with Crippen LogP contribution in [0, 0.1) is 23.7 Å². The number of ketones is 4. The molecule has 2 saturated carbocycles. The minimum Gasteiger partial charge on any atom is -0.506 e. The lowest BCUT2D eigenvalue weighted by Crippen LogP contribution is -2.74. The van der Waals surface area contributed by atoms with Crippen LogP contribution in [0.2, 0.25) is 0 Å². The van der Waals surface area contributed by atoms with Crippen molar-refractivity contribution in [2.45, 2.75) is 24.5 Å². The van der Waals surface area contributed by atoms with E-state index in [1.54, 1.807) is 19.0 Å². The standard InChI is InChI=1S/C24H28N4O8/c1-27(2)12-7-10(22(25)34)17(29)14-9(12)5-8-6-11-16(28(3)4)19(31)15(23(26)35)21(33)24(11,36)20(32)13(8)18(14)30/h7-8,11,13,15-16,29,36H,5-6H2,1-4H3,(H2,25,34)(H2,26,35)/t8-,11-,13?,15?,16-,24-/m0/s1. The molecule has 4 rings (SSSR count). The average Bonchev–Trinajstić information content (AvgIpc) is 2.75. The van der Waals surface area contributed by atoms with E-state index in [9.17, 15) is 39.0 Å². The highest BCUT2D eigenvalue weighted by Gasteiger charge is 2.69. The number of carbonyl (C=O) groups is 6. The molecule has 0 spiro atoms. The number of rotatable bonds is 4. The normalized spacial score (nSPS) is 31.6. The van der Waals surface area contributed by atoms with E-state index in [2.05, 4.69) is 0 Å². The number of benzene rings is 1. The second kappa shape index (κ2) is 8.20. The maximum Gasteiger partial charge on any atom is 0.252 e. The summed E-state index contributed by atoms with van der Waals surface area (Å²) in [6, 6.07) is 0.185. The van der Waals surface area contributed by atoms with Crippen LogP contribution in [0.1, 0.15) is 32.7 Å². The van der Waals surface area contributed by atoms with Crippen molar-refractivity contribution in [1.29, 1.82) is 0 Å². The van der Waals surface area contributed by atoms with Crippen molar-refractivity contribution >= 4 is 40.6 Å². The number of fused-ring (bicyclic) bond motifs is 3. The minimum absolute atomic E-state index is 0.0604. The van der Waals surface area contributed by atoms with Gasteiger partial charge >= 0.3 is 0 Å². The van der Waals surface area contributed by atoms with Crippen LogP contribution in [0.25, 0.3) is 0 Å². The molecule has 12 nitrogen and oxygen atoms in total. The van der Waals surface area contributed by atoms with Gasteiger partial charge in [0.15, 0.2) is 34.7 Å². The van der Waals surface area contributed by atoms with Crippen LogP contribution in [0.15, 0.2) is 6.07 Å². The molecule has 0 saturated heterocycles. The Labute approximate surface area is 206 Å². The maximum absolute atomic E-state index is 13.8. The number of hydrogen-bond donors (Lipinski definition) is 4. The second-order valence-corrected chi connectivity index (χ2v) is 10.2. The number of aliphatic hydroxyl groups is 1. The summed E-state index contributed by atoms with van der Waals surface area (Å²) in [5.41, 5.74) is 8.11. The van der Waals surface area contributed by atoms with Crippen molar-refractivity contribution in [3.63, 3.8) is 0 Å². The number of primary amides is 2. The quantitative estimate of drug-likeness (QED) is 0.336. The number of Topliss-reactive ketones (excluding diaryl/α,β-unsaturated/α-hetero) is 4. The molecule has 0 radical (unpaired) electrons. The maximum atomic E-state index is 13.8. The number of likely N-dealkylation sites (N-methyl/N-ethyl adjacent to an activating group) is 1. The molecule has 0 heterocycles. The van der Waals surface area contributed by atoms with Crippen LogP contribution in [0.3, 0.4) is 0 Å². The van der Waals surface area contributed by atoms with E-state index in [4.69, 9.17) is 11.5 Å². The van der Waals surface area contributed by atoms with Gasteiger partial charge in [-0.2, -0.15) is 0 Å². The Morgan fingerprint density at radius 1 is 1.06 bits per heavy atom. The highest BCUT2D eigenvalue weighted by molar-refractivity contribution is 6.32. The summed E-state index contributed by atoms with van der Waals surface area (Å²) in [6.07, 6.45) is 0.0288. The first-order valence-corrected chi connectivity index (χ1v) is 11.4. The highest BCUT2D eigenvalue weighted by atomic mass is 16.3. The zero-order valence-electron chi connectivity index (χ0n) is 20.3. The molecule has 2 unspecified atom stereocenters. The number of aromatic hydroxyl groups is 1. The highest BCUT2D eigenvalue weighted by Crippen LogP contribution is 2.52. The molecule has 6 atom stereocenters. The van der Waals surface area contributed by atoms with E-state index in [0.29, 0.717) is 11.3 Å². The third kappa shape index (κ3) is 3.21. The lowest BCUT2D eigenvalue weighted by molar-refractivity contribution is -0.181. The van der Waals surface area contributed by atoms with Gasteiger partial charge in [0.2, 0.25) is 5.91 Å². The van der Waals surface area contributed by atoms with Gasteiger partial charge in [0, 0.05) is 25.7 Å². The fourth-order valence-electron chi connectivity index (χ4n) is 6.24. The van der Waals surface area contributed by atoms with Crippen molar-refractivity contribution < 1.29 is 39.0 Å². The number of nitrogens with zero attached hydrogens (tertiary/aromatic N) is 2. The largest absolute Gasteiger partial charge is 0.506 e. The Kier molecular flexibility index (Phi) is 5.80. The molecule has 36 heavy (non-hydrogen) atoms. The predicted octanol–water partition coefficient (Wildman–Crippen LogP) is -1.97. The van der Waals surface area contributed by atoms with Crippen molar-refractivity contribution in [2.75, 3.05) is 33.1 Å². The lowest BCUT2D eigenvalue weighted by Gasteiger charge is -2.52. The van der Waals surface area contributed by atoms with Gasteiger partial charge < -0.3 is 26.6 Å². The van der Waals surface area contributed by atoms with Crippen molar-refractivity contribution in [3.05, 3.63) is 22.8 Å². The first kappa shape index (κ1) is 25.5. The molecule has 0 bridgehead atoms. The topological polar surface area (TPSA) is 201 Å². The van der Waals surface area contributed by atoms with Crippen molar-refractivity contribution in [2.24, 2.45) is 35.1 Å². The summed E-state index contributed by atoms with van der Waals surface area (Å²) >= 11 is 0. The molecule has 6 N–H and O–H groups in total. The number of carbonyl (C=O) groups excluding carboxylic acids is 6. The number of hydrogen-bond acceptors (Lipinski definition) is 10. The summed E-state index contributed by atoms with van der Waals surface area (Å²) in [6.45, 7) is 0. The molecule has 3 aliphatic carbocycles. The molecule has 0 aromatic heterocycles. The van der Waals surface area contributed by atoms with E-state index in [-0.39, 0.29) is 24.0 Å². The SMILES string of the molecule is CN(C)c1cc(C(N)=O)c(O)c2c1C[C@H]1C[C@H]3[C@H](N(C)C)C(=O)C(C(N)=O)C(=O)[C@@]3(O)C(=O)C1C2=O. The van der Waals surface area contributed by atoms with E-state index < -0.39 is 76.0 Å². The smallest absolute Gasteiger partial charge is 0.252 e. The first-order chi connectivity index (χ1) is 16.7. The van der Waals surface area contributed by atoms with Crippen LogP contribution in [-0.4, -0.2) is 89.9 Å². The number of anilines is 1. The molecule has 3 aliphatic rings. The predicted molar refractivity (Wildman–Crippen MR) is 124 cm³/mol. The van der Waals surface area contributed by atoms with Crippen LogP contribution in [0.5, 0.6) is 5.75 Å². The minimum atomic E-state index is -2.81. The van der Waals surface area contributed by atoms with E-state index in [1.807, 2.05) is 0 Å². The molecular weight excluding hydrogens is 472 g/mol. The van der Waals surface area contributed by atoms with Gasteiger partial charge in [-0.1, -0.05) is 0 Å². The summed E-state index contributed by atoms with van der Waals surface area (Å²) < 4.78 is 0. The average molecular weight is 501 g/mol. The fraction of sp³-hybridized carbons (Fsp3) is 0.500. The molecule has 12 heteroatoms. The molecule has 1 aromatic carbocycles. The van der Waals surface area contributed by atoms with Gasteiger partial charge in [0.25, 0.3) is 5.91 Å². The summed E-state index contributed by atoms with van der Waals surface area (Å²) in [5, 5.41) is 22.3. The summed E-state index contributed by atoms with van der Waals surface area (Å²) in [4.78, 5) is 80.9. The Morgan fingerprint density at radius 2 is 1.67 bits per heavy atom. The molecule has 2 amide bonds. The van der Waals surface area contributed by atoms with Crippen molar-refractivity contribution in [3.8, 4) is 5.75 Å².